The van der Waals surface area contributed by atoms with E-state index in [0.717, 1.165) is 21.7 Å². The van der Waals surface area contributed by atoms with Gasteiger partial charge in [-0.2, -0.15) is 0 Å². The summed E-state index contributed by atoms with van der Waals surface area (Å²) in [4.78, 5) is 11.3. The molecule has 0 unspecified atom stereocenters. The summed E-state index contributed by atoms with van der Waals surface area (Å²) < 4.78 is 1.94. The predicted molar refractivity (Wildman–Crippen MR) is 124 cm³/mol. The number of aromatic nitrogens is 3. The first kappa shape index (κ1) is 20.4. The second-order valence-electron chi connectivity index (χ2n) is 6.71. The van der Waals surface area contributed by atoms with E-state index in [9.17, 15) is 4.79 Å². The molecule has 4 rings (SSSR count). The third-order valence-electron chi connectivity index (χ3n) is 4.86. The Bertz CT molecular complexity index is 1000. The minimum atomic E-state index is -0.663. The maximum Gasteiger partial charge on any atom is 0.186 e. The monoisotopic (exact) mass is 431 g/mol. The van der Waals surface area contributed by atoms with Crippen molar-refractivity contribution in [2.75, 3.05) is 5.08 Å². The summed E-state index contributed by atoms with van der Waals surface area (Å²) in [5, 5.41) is 10.5. The number of hydrogen-bond donors (Lipinski definition) is 0. The molecule has 0 amide bonds. The molecule has 0 saturated heterocycles. The highest BCUT2D eigenvalue weighted by atomic mass is 32.2. The summed E-state index contributed by atoms with van der Waals surface area (Å²) in [6, 6.07) is 31.1. The molecule has 0 spiro atoms. The summed E-state index contributed by atoms with van der Waals surface area (Å²) in [6.45, 7) is 1.58. The molecular formula is C24H21N3OS2. The molecule has 0 N–H and O–H groups in total. The highest BCUT2D eigenvalue weighted by Crippen LogP contribution is 2.40. The predicted octanol–water partition coefficient (Wildman–Crippen LogP) is 5.45. The van der Waals surface area contributed by atoms with Crippen molar-refractivity contribution in [1.29, 1.82) is 0 Å². The fraction of sp³-hybridized carbons (Fsp3) is 0.125. The van der Waals surface area contributed by atoms with Crippen molar-refractivity contribution >= 4 is 28.6 Å². The first-order valence-electron chi connectivity index (χ1n) is 9.57. The van der Waals surface area contributed by atoms with Crippen LogP contribution in [0.2, 0.25) is 0 Å². The van der Waals surface area contributed by atoms with Crippen LogP contribution in [0.25, 0.3) is 0 Å². The Hall–Kier alpha value is -2.83. The van der Waals surface area contributed by atoms with Gasteiger partial charge in [0.2, 0.25) is 0 Å². The van der Waals surface area contributed by atoms with Crippen molar-refractivity contribution < 1.29 is 4.79 Å². The lowest BCUT2D eigenvalue weighted by Crippen LogP contribution is -2.38. The van der Waals surface area contributed by atoms with E-state index in [0.29, 0.717) is 5.08 Å². The Morgan fingerprint density at radius 1 is 0.833 bits per heavy atom. The van der Waals surface area contributed by atoms with Gasteiger partial charge in [0.25, 0.3) is 0 Å². The van der Waals surface area contributed by atoms with Crippen LogP contribution in [0.1, 0.15) is 23.6 Å². The van der Waals surface area contributed by atoms with Crippen molar-refractivity contribution in [1.82, 2.24) is 15.0 Å². The number of benzene rings is 3. The van der Waals surface area contributed by atoms with Gasteiger partial charge in [-0.15, -0.1) is 5.10 Å². The molecule has 150 valence electrons. The molecule has 0 aliphatic rings. The molecule has 0 bridgehead atoms. The lowest BCUT2D eigenvalue weighted by Gasteiger charge is -2.35. The van der Waals surface area contributed by atoms with Crippen LogP contribution in [-0.2, 0) is 10.3 Å². The van der Waals surface area contributed by atoms with Gasteiger partial charge in [-0.25, -0.2) is 4.68 Å². The van der Waals surface area contributed by atoms with E-state index in [1.807, 2.05) is 65.5 Å². The van der Waals surface area contributed by atoms with Crippen LogP contribution >= 0.6 is 23.5 Å². The molecule has 0 radical (unpaired) electrons. The topological polar surface area (TPSA) is 47.8 Å². The number of thioether (sulfide) groups is 2. The number of nitrogens with zero attached hydrogens (tertiary/aromatic N) is 3. The van der Waals surface area contributed by atoms with E-state index in [1.54, 1.807) is 6.92 Å². The fourth-order valence-electron chi connectivity index (χ4n) is 3.59. The Labute approximate surface area is 184 Å². The number of rotatable bonds is 7. The van der Waals surface area contributed by atoms with Gasteiger partial charge in [-0.05, 0) is 16.7 Å². The van der Waals surface area contributed by atoms with Gasteiger partial charge in [0.15, 0.2) is 5.12 Å². The molecule has 0 fully saturated rings. The van der Waals surface area contributed by atoms with Crippen LogP contribution in [0.3, 0.4) is 0 Å². The largest absolute Gasteiger partial charge is 0.288 e. The molecule has 0 aliphatic heterocycles. The normalized spacial score (nSPS) is 11.4. The van der Waals surface area contributed by atoms with Crippen LogP contribution in [0.5, 0.6) is 0 Å². The van der Waals surface area contributed by atoms with E-state index < -0.39 is 5.54 Å². The zero-order chi connectivity index (χ0) is 20.8. The highest BCUT2D eigenvalue weighted by Gasteiger charge is 2.39. The van der Waals surface area contributed by atoms with Crippen molar-refractivity contribution in [3.8, 4) is 0 Å². The van der Waals surface area contributed by atoms with E-state index in [1.165, 1.54) is 23.5 Å². The zero-order valence-electron chi connectivity index (χ0n) is 16.5. The summed E-state index contributed by atoms with van der Waals surface area (Å²) in [5.41, 5.74) is 2.63. The van der Waals surface area contributed by atoms with Crippen molar-refractivity contribution in [2.24, 2.45) is 0 Å². The average Bonchev–Trinajstić information content (AvgIpc) is 3.25. The summed E-state index contributed by atoms with van der Waals surface area (Å²) in [7, 11) is 0. The fourth-order valence-corrected chi connectivity index (χ4v) is 5.24. The molecule has 0 aliphatic carbocycles. The Kier molecular flexibility index (Phi) is 6.35. The lowest BCUT2D eigenvalue weighted by atomic mass is 9.77. The van der Waals surface area contributed by atoms with E-state index >= 15 is 0 Å². The van der Waals surface area contributed by atoms with Gasteiger partial charge in [0, 0.05) is 6.92 Å². The highest BCUT2D eigenvalue weighted by molar-refractivity contribution is 8.23. The molecule has 4 nitrogen and oxygen atoms in total. The first-order chi connectivity index (χ1) is 14.7. The van der Waals surface area contributed by atoms with E-state index in [4.69, 9.17) is 0 Å². The van der Waals surface area contributed by atoms with Crippen LogP contribution in [0.4, 0.5) is 0 Å². The molecule has 3 aromatic carbocycles. The maximum atomic E-state index is 11.3. The molecule has 0 atom stereocenters. The molecular weight excluding hydrogens is 410 g/mol. The van der Waals surface area contributed by atoms with Gasteiger partial charge in [-0.3, -0.25) is 4.79 Å². The standard InChI is InChI=1S/C24H21N3OS2/c1-19(28)29-18-30-23-17-27(26-25-23)24(20-11-5-2-6-12-20,21-13-7-3-8-14-21)22-15-9-4-10-16-22/h2-17H,18H2,1H3. The SMILES string of the molecule is CC(=O)SCSc1cn(C(c2ccccc2)(c2ccccc2)c2ccccc2)nn1. The van der Waals surface area contributed by atoms with Crippen LogP contribution in [0, 0.1) is 0 Å². The summed E-state index contributed by atoms with van der Waals surface area (Å²) >= 11 is 2.80. The van der Waals surface area contributed by atoms with Crippen LogP contribution in [-0.4, -0.2) is 25.2 Å². The molecule has 4 aromatic rings. The Morgan fingerprint density at radius 2 is 1.30 bits per heavy atom. The third kappa shape index (κ3) is 4.06. The third-order valence-corrected chi connectivity index (χ3v) is 6.69. The molecule has 1 heterocycles. The quantitative estimate of drug-likeness (QED) is 0.221. The molecule has 0 saturated carbocycles. The second-order valence-corrected chi connectivity index (χ2v) is 9.22. The van der Waals surface area contributed by atoms with Gasteiger partial charge < -0.3 is 0 Å². The number of carbonyl (C=O) groups is 1. The zero-order valence-corrected chi connectivity index (χ0v) is 18.1. The Morgan fingerprint density at radius 3 is 1.73 bits per heavy atom. The maximum absolute atomic E-state index is 11.3. The van der Waals surface area contributed by atoms with Gasteiger partial charge in [-0.1, -0.05) is 120 Å². The lowest BCUT2D eigenvalue weighted by molar-refractivity contribution is -0.109. The van der Waals surface area contributed by atoms with E-state index in [2.05, 4.69) is 46.7 Å². The minimum absolute atomic E-state index is 0.0992. The molecule has 6 heteroatoms. The number of carbonyl (C=O) groups excluding carboxylic acids is 1. The number of hydrogen-bond acceptors (Lipinski definition) is 5. The van der Waals surface area contributed by atoms with Crippen molar-refractivity contribution in [3.63, 3.8) is 0 Å². The molecule has 1 aromatic heterocycles. The summed E-state index contributed by atoms with van der Waals surface area (Å²) in [5.74, 6) is 0. The Balaban J connectivity index is 1.90. The second kappa shape index (κ2) is 9.32. The van der Waals surface area contributed by atoms with E-state index in [-0.39, 0.29) is 5.12 Å². The van der Waals surface area contributed by atoms with Crippen molar-refractivity contribution in [2.45, 2.75) is 17.5 Å². The van der Waals surface area contributed by atoms with Crippen LogP contribution in [0.15, 0.2) is 102 Å². The first-order valence-corrected chi connectivity index (χ1v) is 11.5. The van der Waals surface area contributed by atoms with Gasteiger partial charge >= 0.3 is 0 Å². The van der Waals surface area contributed by atoms with Crippen molar-refractivity contribution in [3.05, 3.63) is 114 Å². The summed E-state index contributed by atoms with van der Waals surface area (Å²) in [6.07, 6.45) is 1.97. The smallest absolute Gasteiger partial charge is 0.186 e. The van der Waals surface area contributed by atoms with Crippen LogP contribution < -0.4 is 0 Å². The van der Waals surface area contributed by atoms with Gasteiger partial charge in [0.1, 0.15) is 10.6 Å². The van der Waals surface area contributed by atoms with Gasteiger partial charge in [0.05, 0.1) is 11.3 Å². The average molecular weight is 432 g/mol. The molecule has 30 heavy (non-hydrogen) atoms. The minimum Gasteiger partial charge on any atom is -0.288 e.